The zero-order valence-electron chi connectivity index (χ0n) is 10.9. The van der Waals surface area contributed by atoms with Crippen LogP contribution in [0.25, 0.3) is 0 Å². The molecule has 2 atom stereocenters. The molecule has 3 nitrogen and oxygen atoms in total. The zero-order chi connectivity index (χ0) is 12.3. The standard InChI is InChI=1S/C14H22N2O/c1-11-8-16(9-12(2)15-11)10-13-6-4-5-7-14(13)17-3/h4-7,11-12,15H,8-10H2,1-3H3. The maximum Gasteiger partial charge on any atom is 0.123 e. The maximum atomic E-state index is 5.40. The third-order valence-electron chi connectivity index (χ3n) is 3.22. The Morgan fingerprint density at radius 2 is 1.88 bits per heavy atom. The van der Waals surface area contributed by atoms with Gasteiger partial charge in [0.15, 0.2) is 0 Å². The maximum absolute atomic E-state index is 5.40. The molecule has 1 N–H and O–H groups in total. The van der Waals surface area contributed by atoms with Crippen LogP contribution < -0.4 is 10.1 Å². The highest BCUT2D eigenvalue weighted by Gasteiger charge is 2.21. The quantitative estimate of drug-likeness (QED) is 0.864. The molecule has 1 saturated heterocycles. The summed E-state index contributed by atoms with van der Waals surface area (Å²) in [4.78, 5) is 2.49. The fourth-order valence-electron chi connectivity index (χ4n) is 2.64. The van der Waals surface area contributed by atoms with Crippen molar-refractivity contribution >= 4 is 0 Å². The first-order valence-corrected chi connectivity index (χ1v) is 6.29. The number of ether oxygens (including phenoxy) is 1. The minimum Gasteiger partial charge on any atom is -0.496 e. The number of benzene rings is 1. The van der Waals surface area contributed by atoms with Crippen molar-refractivity contribution in [1.29, 1.82) is 0 Å². The van der Waals surface area contributed by atoms with Crippen LogP contribution in [0.2, 0.25) is 0 Å². The van der Waals surface area contributed by atoms with Crippen LogP contribution >= 0.6 is 0 Å². The van der Waals surface area contributed by atoms with E-state index < -0.39 is 0 Å². The molecule has 1 aromatic rings. The van der Waals surface area contributed by atoms with Gasteiger partial charge in [-0.2, -0.15) is 0 Å². The molecular weight excluding hydrogens is 212 g/mol. The van der Waals surface area contributed by atoms with Gasteiger partial charge in [-0.1, -0.05) is 18.2 Å². The van der Waals surface area contributed by atoms with Crippen molar-refractivity contribution in [2.45, 2.75) is 32.5 Å². The highest BCUT2D eigenvalue weighted by Crippen LogP contribution is 2.20. The molecule has 0 radical (unpaired) electrons. The third-order valence-corrected chi connectivity index (χ3v) is 3.22. The van der Waals surface area contributed by atoms with Crippen LogP contribution in [0.4, 0.5) is 0 Å². The second-order valence-electron chi connectivity index (χ2n) is 4.97. The van der Waals surface area contributed by atoms with Crippen LogP contribution in [0, 0.1) is 0 Å². The summed E-state index contributed by atoms with van der Waals surface area (Å²) in [6.45, 7) is 7.65. The Labute approximate surface area is 104 Å². The Morgan fingerprint density at radius 3 is 2.53 bits per heavy atom. The topological polar surface area (TPSA) is 24.5 Å². The van der Waals surface area contributed by atoms with Gasteiger partial charge in [0, 0.05) is 37.3 Å². The van der Waals surface area contributed by atoms with Crippen LogP contribution in [-0.4, -0.2) is 37.2 Å². The molecule has 1 fully saturated rings. The lowest BCUT2D eigenvalue weighted by atomic mass is 10.1. The van der Waals surface area contributed by atoms with Crippen molar-refractivity contribution in [2.75, 3.05) is 20.2 Å². The second-order valence-corrected chi connectivity index (χ2v) is 4.97. The molecule has 2 rings (SSSR count). The first kappa shape index (κ1) is 12.4. The monoisotopic (exact) mass is 234 g/mol. The largest absolute Gasteiger partial charge is 0.496 e. The summed E-state index contributed by atoms with van der Waals surface area (Å²) in [5.74, 6) is 0.992. The lowest BCUT2D eigenvalue weighted by Crippen LogP contribution is -2.53. The molecule has 17 heavy (non-hydrogen) atoms. The highest BCUT2D eigenvalue weighted by atomic mass is 16.5. The molecular formula is C14H22N2O. The average Bonchev–Trinajstić information content (AvgIpc) is 2.28. The Morgan fingerprint density at radius 1 is 1.24 bits per heavy atom. The lowest BCUT2D eigenvalue weighted by molar-refractivity contribution is 0.165. The summed E-state index contributed by atoms with van der Waals surface area (Å²) >= 11 is 0. The van der Waals surface area contributed by atoms with Crippen molar-refractivity contribution in [3.05, 3.63) is 29.8 Å². The van der Waals surface area contributed by atoms with E-state index in [0.717, 1.165) is 25.4 Å². The van der Waals surface area contributed by atoms with E-state index in [2.05, 4.69) is 36.2 Å². The number of methoxy groups -OCH3 is 1. The summed E-state index contributed by atoms with van der Waals surface area (Å²) in [5, 5.41) is 3.55. The molecule has 94 valence electrons. The Balaban J connectivity index is 2.04. The molecule has 1 aromatic carbocycles. The molecule has 0 aliphatic carbocycles. The zero-order valence-corrected chi connectivity index (χ0v) is 10.9. The number of rotatable bonds is 3. The van der Waals surface area contributed by atoms with Gasteiger partial charge in [-0.25, -0.2) is 0 Å². The molecule has 2 unspecified atom stereocenters. The molecule has 1 heterocycles. The van der Waals surface area contributed by atoms with Gasteiger partial charge in [0.05, 0.1) is 7.11 Å². The number of piperazine rings is 1. The van der Waals surface area contributed by atoms with Gasteiger partial charge in [0.1, 0.15) is 5.75 Å². The van der Waals surface area contributed by atoms with Crippen LogP contribution in [0.3, 0.4) is 0 Å². The molecule has 0 spiro atoms. The van der Waals surface area contributed by atoms with E-state index in [1.54, 1.807) is 7.11 Å². The van der Waals surface area contributed by atoms with E-state index in [1.165, 1.54) is 5.56 Å². The van der Waals surface area contributed by atoms with E-state index in [-0.39, 0.29) is 0 Å². The molecule has 3 heteroatoms. The van der Waals surface area contributed by atoms with Crippen LogP contribution in [0.15, 0.2) is 24.3 Å². The number of nitrogens with one attached hydrogen (secondary N) is 1. The molecule has 0 saturated carbocycles. The predicted octanol–water partition coefficient (Wildman–Crippen LogP) is 1.88. The third kappa shape index (κ3) is 3.20. The van der Waals surface area contributed by atoms with Gasteiger partial charge in [-0.05, 0) is 19.9 Å². The predicted molar refractivity (Wildman–Crippen MR) is 70.3 cm³/mol. The molecule has 0 amide bonds. The van der Waals surface area contributed by atoms with Crippen LogP contribution in [0.1, 0.15) is 19.4 Å². The fourth-order valence-corrected chi connectivity index (χ4v) is 2.64. The van der Waals surface area contributed by atoms with Crippen molar-refractivity contribution < 1.29 is 4.74 Å². The van der Waals surface area contributed by atoms with E-state index in [0.29, 0.717) is 12.1 Å². The summed E-state index contributed by atoms with van der Waals surface area (Å²) in [6.07, 6.45) is 0. The molecule has 0 aromatic heterocycles. The molecule has 1 aliphatic heterocycles. The minimum absolute atomic E-state index is 0.563. The van der Waals surface area contributed by atoms with Crippen molar-refractivity contribution in [2.24, 2.45) is 0 Å². The number of para-hydroxylation sites is 1. The van der Waals surface area contributed by atoms with Crippen molar-refractivity contribution in [3.8, 4) is 5.75 Å². The number of hydrogen-bond acceptors (Lipinski definition) is 3. The van der Waals surface area contributed by atoms with Crippen LogP contribution in [-0.2, 0) is 6.54 Å². The number of nitrogens with zero attached hydrogens (tertiary/aromatic N) is 1. The summed E-state index contributed by atoms with van der Waals surface area (Å²) < 4.78 is 5.40. The summed E-state index contributed by atoms with van der Waals surface area (Å²) in [6, 6.07) is 9.40. The van der Waals surface area contributed by atoms with E-state index in [4.69, 9.17) is 4.74 Å². The van der Waals surface area contributed by atoms with E-state index in [9.17, 15) is 0 Å². The molecule has 1 aliphatic rings. The van der Waals surface area contributed by atoms with Gasteiger partial charge < -0.3 is 10.1 Å². The summed E-state index contributed by atoms with van der Waals surface area (Å²) in [5.41, 5.74) is 1.27. The van der Waals surface area contributed by atoms with Gasteiger partial charge >= 0.3 is 0 Å². The first-order valence-electron chi connectivity index (χ1n) is 6.29. The Hall–Kier alpha value is -1.06. The molecule has 0 bridgehead atoms. The SMILES string of the molecule is COc1ccccc1CN1CC(C)NC(C)C1. The first-order chi connectivity index (χ1) is 8.19. The van der Waals surface area contributed by atoms with Crippen molar-refractivity contribution in [3.63, 3.8) is 0 Å². The van der Waals surface area contributed by atoms with Crippen LogP contribution in [0.5, 0.6) is 5.75 Å². The van der Waals surface area contributed by atoms with Gasteiger partial charge in [-0.15, -0.1) is 0 Å². The second kappa shape index (κ2) is 5.52. The van der Waals surface area contributed by atoms with E-state index in [1.807, 2.05) is 12.1 Å². The Kier molecular flexibility index (Phi) is 4.02. The average molecular weight is 234 g/mol. The smallest absolute Gasteiger partial charge is 0.123 e. The van der Waals surface area contributed by atoms with Gasteiger partial charge in [0.2, 0.25) is 0 Å². The number of hydrogen-bond donors (Lipinski definition) is 1. The minimum atomic E-state index is 0.563. The van der Waals surface area contributed by atoms with Crippen molar-refractivity contribution in [1.82, 2.24) is 10.2 Å². The lowest BCUT2D eigenvalue weighted by Gasteiger charge is -2.36. The van der Waals surface area contributed by atoms with E-state index >= 15 is 0 Å². The normalized spacial score (nSPS) is 25.8. The highest BCUT2D eigenvalue weighted by molar-refractivity contribution is 5.33. The van der Waals surface area contributed by atoms with Gasteiger partial charge in [0.25, 0.3) is 0 Å². The fraction of sp³-hybridized carbons (Fsp3) is 0.571. The van der Waals surface area contributed by atoms with Gasteiger partial charge in [-0.3, -0.25) is 4.90 Å². The Bertz CT molecular complexity index is 357. The summed E-state index contributed by atoms with van der Waals surface area (Å²) in [7, 11) is 1.74.